The van der Waals surface area contributed by atoms with E-state index in [4.69, 9.17) is 15.9 Å². The van der Waals surface area contributed by atoms with Gasteiger partial charge in [0.1, 0.15) is 17.3 Å². The number of benzene rings is 2. The third-order valence-electron chi connectivity index (χ3n) is 6.68. The van der Waals surface area contributed by atoms with E-state index < -0.39 is 34.2 Å². The van der Waals surface area contributed by atoms with E-state index >= 15 is 0 Å². The summed E-state index contributed by atoms with van der Waals surface area (Å²) in [5, 5.41) is 10.4. The van der Waals surface area contributed by atoms with Gasteiger partial charge in [-0.2, -0.15) is 4.31 Å². The molecule has 1 heterocycles. The average Bonchev–Trinajstić information content (AvgIpc) is 3.64. The van der Waals surface area contributed by atoms with Gasteiger partial charge in [0.05, 0.1) is 19.0 Å². The van der Waals surface area contributed by atoms with Crippen molar-refractivity contribution in [3.8, 4) is 0 Å². The molecule has 0 aromatic heterocycles. The fourth-order valence-corrected chi connectivity index (χ4v) is 5.96. The second-order valence-corrected chi connectivity index (χ2v) is 11.5. The number of carbonyl (C=O) groups excluding carboxylic acids is 1. The summed E-state index contributed by atoms with van der Waals surface area (Å²) in [5.74, 6) is -3.35. The summed E-state index contributed by atoms with van der Waals surface area (Å²) >= 11 is 0. The van der Waals surface area contributed by atoms with Crippen molar-refractivity contribution in [2.24, 2.45) is 11.8 Å². The highest BCUT2D eigenvalue weighted by Crippen LogP contribution is 2.39. The fraction of sp³-hybridized carbons (Fsp3) is 0.385. The van der Waals surface area contributed by atoms with Crippen molar-refractivity contribution in [1.82, 2.24) is 9.21 Å². The molecule has 9 nitrogen and oxygen atoms in total. The fourth-order valence-electron chi connectivity index (χ4n) is 4.46. The number of piperazine rings is 1. The van der Waals surface area contributed by atoms with Crippen molar-refractivity contribution in [3.05, 3.63) is 71.1 Å². The minimum absolute atomic E-state index is 0.0285. The Labute approximate surface area is 225 Å². The standard InChI is InChI=1S/C26H30F3N5O4S/c27-13-18-9-19(18)15-38-25(26(35)32-23-11-20(28)10-21(29)12-23)24(14-30)33-4-6-34(7-5-33)39(36,37)16-17-2-1-3-22(31)8-17/h1-3,8,10-12,14,18-19,30H,4-7,9,13,15-16,31H2,(H,32,35)/b25-24-,30-14?/t18-,19-/m1/s1. The van der Waals surface area contributed by atoms with Crippen LogP contribution in [0.5, 0.6) is 0 Å². The Morgan fingerprint density at radius 1 is 1.10 bits per heavy atom. The number of nitrogens with two attached hydrogens (primary N) is 1. The predicted octanol–water partition coefficient (Wildman–Crippen LogP) is 3.12. The van der Waals surface area contributed by atoms with Crippen molar-refractivity contribution in [1.29, 1.82) is 5.41 Å². The number of halogens is 3. The van der Waals surface area contributed by atoms with E-state index in [1.165, 1.54) is 4.31 Å². The number of nitrogens with one attached hydrogen (secondary N) is 2. The molecule has 210 valence electrons. The molecule has 0 spiro atoms. The van der Waals surface area contributed by atoms with Gasteiger partial charge in [0, 0.05) is 49.8 Å². The number of alkyl halides is 1. The van der Waals surface area contributed by atoms with Gasteiger partial charge in [0.2, 0.25) is 15.8 Å². The number of hydrogen-bond donors (Lipinski definition) is 3. The van der Waals surface area contributed by atoms with Crippen LogP contribution in [-0.4, -0.2) is 69.2 Å². The van der Waals surface area contributed by atoms with Gasteiger partial charge < -0.3 is 26.1 Å². The maximum atomic E-state index is 13.7. The average molecular weight is 566 g/mol. The molecular weight excluding hydrogens is 535 g/mol. The zero-order chi connectivity index (χ0) is 28.2. The molecule has 2 fully saturated rings. The first kappa shape index (κ1) is 28.4. The van der Waals surface area contributed by atoms with Crippen molar-refractivity contribution in [2.75, 3.05) is 50.5 Å². The van der Waals surface area contributed by atoms with Crippen LogP contribution < -0.4 is 11.1 Å². The molecule has 0 radical (unpaired) electrons. The van der Waals surface area contributed by atoms with Crippen LogP contribution in [-0.2, 0) is 25.3 Å². The smallest absolute Gasteiger partial charge is 0.293 e. The summed E-state index contributed by atoms with van der Waals surface area (Å²) < 4.78 is 73.3. The third-order valence-corrected chi connectivity index (χ3v) is 8.53. The number of allylic oxidation sites excluding steroid dienone is 1. The van der Waals surface area contributed by atoms with E-state index in [1.54, 1.807) is 29.2 Å². The molecular formula is C26H30F3N5O4S. The lowest BCUT2D eigenvalue weighted by molar-refractivity contribution is -0.116. The number of anilines is 2. The minimum Gasteiger partial charge on any atom is -0.486 e. The summed E-state index contributed by atoms with van der Waals surface area (Å²) in [6, 6.07) is 9.17. The van der Waals surface area contributed by atoms with Crippen LogP contribution in [0.15, 0.2) is 53.9 Å². The summed E-state index contributed by atoms with van der Waals surface area (Å²) in [7, 11) is -3.66. The maximum absolute atomic E-state index is 13.7. The van der Waals surface area contributed by atoms with Crippen molar-refractivity contribution < 1.29 is 31.1 Å². The van der Waals surface area contributed by atoms with Gasteiger partial charge in [-0.3, -0.25) is 9.18 Å². The molecule has 39 heavy (non-hydrogen) atoms. The van der Waals surface area contributed by atoms with E-state index in [2.05, 4.69) is 5.32 Å². The molecule has 1 amide bonds. The number of sulfonamides is 1. The molecule has 1 saturated heterocycles. The SMILES string of the molecule is N=C/C(=C(/OC[C@H]1C[C@@H]1CF)C(=O)Nc1cc(F)cc(F)c1)N1CCN(S(=O)(=O)Cc2cccc(N)c2)CC1. The number of rotatable bonds is 11. The van der Waals surface area contributed by atoms with Crippen LogP contribution in [0.3, 0.4) is 0 Å². The molecule has 2 atom stereocenters. The lowest BCUT2D eigenvalue weighted by atomic mass is 10.2. The highest BCUT2D eigenvalue weighted by atomic mass is 32.2. The van der Waals surface area contributed by atoms with Crippen LogP contribution in [0, 0.1) is 28.9 Å². The number of amides is 1. The van der Waals surface area contributed by atoms with Gasteiger partial charge in [-0.1, -0.05) is 12.1 Å². The van der Waals surface area contributed by atoms with Gasteiger partial charge in [-0.25, -0.2) is 17.2 Å². The van der Waals surface area contributed by atoms with Gasteiger partial charge >= 0.3 is 0 Å². The van der Waals surface area contributed by atoms with Crippen molar-refractivity contribution >= 4 is 33.5 Å². The van der Waals surface area contributed by atoms with E-state index in [9.17, 15) is 26.4 Å². The van der Waals surface area contributed by atoms with E-state index in [1.807, 2.05) is 0 Å². The first-order chi connectivity index (χ1) is 18.6. The largest absolute Gasteiger partial charge is 0.486 e. The Morgan fingerprint density at radius 3 is 2.38 bits per heavy atom. The normalized spacial score (nSPS) is 20.2. The molecule has 1 saturated carbocycles. The Morgan fingerprint density at radius 2 is 1.79 bits per heavy atom. The molecule has 4 N–H and O–H groups in total. The monoisotopic (exact) mass is 565 g/mol. The Hall–Kier alpha value is -3.58. The molecule has 4 rings (SSSR count). The first-order valence-electron chi connectivity index (χ1n) is 12.4. The Balaban J connectivity index is 1.50. The lowest BCUT2D eigenvalue weighted by Crippen LogP contribution is -2.49. The lowest BCUT2D eigenvalue weighted by Gasteiger charge is -2.36. The van der Waals surface area contributed by atoms with Gasteiger partial charge in [-0.15, -0.1) is 0 Å². The molecule has 2 aliphatic rings. The van der Waals surface area contributed by atoms with Crippen LogP contribution >= 0.6 is 0 Å². The van der Waals surface area contributed by atoms with E-state index in [-0.39, 0.29) is 67.5 Å². The molecule has 0 unspecified atom stereocenters. The van der Waals surface area contributed by atoms with Crippen LogP contribution in [0.4, 0.5) is 24.5 Å². The quantitative estimate of drug-likeness (QED) is 0.166. The predicted molar refractivity (Wildman–Crippen MR) is 141 cm³/mol. The second-order valence-electron chi connectivity index (χ2n) is 9.58. The minimum atomic E-state index is -3.66. The number of nitrogen functional groups attached to an aromatic ring is 1. The topological polar surface area (TPSA) is 129 Å². The number of hydrogen-bond acceptors (Lipinski definition) is 7. The molecule has 1 aliphatic carbocycles. The number of nitrogens with zero attached hydrogens (tertiary/aromatic N) is 2. The van der Waals surface area contributed by atoms with Crippen molar-refractivity contribution in [2.45, 2.75) is 12.2 Å². The Bertz CT molecular complexity index is 1340. The molecule has 1 aliphatic heterocycles. The van der Waals surface area contributed by atoms with Gasteiger partial charge in [-0.05, 0) is 48.1 Å². The molecule has 0 bridgehead atoms. The second kappa shape index (κ2) is 12.1. The third kappa shape index (κ3) is 7.30. The van der Waals surface area contributed by atoms with Gasteiger partial charge in [0.15, 0.2) is 0 Å². The maximum Gasteiger partial charge on any atom is 0.293 e. The van der Waals surface area contributed by atoms with E-state index in [0.717, 1.165) is 18.3 Å². The zero-order valence-corrected chi connectivity index (χ0v) is 21.9. The summed E-state index contributed by atoms with van der Waals surface area (Å²) in [5.41, 5.74) is 6.72. The Kier molecular flexibility index (Phi) is 8.80. The highest BCUT2D eigenvalue weighted by molar-refractivity contribution is 7.88. The number of ether oxygens (including phenoxy) is 1. The van der Waals surface area contributed by atoms with Gasteiger partial charge in [0.25, 0.3) is 5.91 Å². The van der Waals surface area contributed by atoms with Crippen molar-refractivity contribution in [3.63, 3.8) is 0 Å². The molecule has 13 heteroatoms. The first-order valence-corrected chi connectivity index (χ1v) is 14.0. The molecule has 2 aromatic carbocycles. The van der Waals surface area contributed by atoms with Crippen LogP contribution in [0.2, 0.25) is 0 Å². The zero-order valence-electron chi connectivity index (χ0n) is 21.1. The molecule has 2 aromatic rings. The van der Waals surface area contributed by atoms with E-state index in [0.29, 0.717) is 23.7 Å². The highest BCUT2D eigenvalue weighted by Gasteiger charge is 2.38. The van der Waals surface area contributed by atoms with Crippen LogP contribution in [0.25, 0.3) is 0 Å². The summed E-state index contributed by atoms with van der Waals surface area (Å²) in [4.78, 5) is 14.8. The summed E-state index contributed by atoms with van der Waals surface area (Å²) in [6.45, 7) is 0.0292. The number of carbonyl (C=O) groups is 1. The van der Waals surface area contributed by atoms with Crippen LogP contribution in [0.1, 0.15) is 12.0 Å². The summed E-state index contributed by atoms with van der Waals surface area (Å²) in [6.07, 6.45) is 1.52.